The number of nitrogens with zero attached hydrogens (tertiary/aromatic N) is 6. The van der Waals surface area contributed by atoms with Gasteiger partial charge in [-0.15, -0.1) is 10.2 Å². The summed E-state index contributed by atoms with van der Waals surface area (Å²) in [6.45, 7) is 0.818. The highest BCUT2D eigenvalue weighted by Crippen LogP contribution is 2.40. The molecule has 2 saturated heterocycles. The Morgan fingerprint density at radius 3 is 2.84 bits per heavy atom. The fourth-order valence-electron chi connectivity index (χ4n) is 4.47. The predicted octanol–water partition coefficient (Wildman–Crippen LogP) is 1.59. The van der Waals surface area contributed by atoms with E-state index >= 15 is 0 Å². The summed E-state index contributed by atoms with van der Waals surface area (Å²) < 4.78 is 16.2. The van der Waals surface area contributed by atoms with Crippen molar-refractivity contribution in [2.75, 3.05) is 18.5 Å². The van der Waals surface area contributed by atoms with Crippen LogP contribution in [0, 0.1) is 5.92 Å². The van der Waals surface area contributed by atoms with E-state index in [-0.39, 0.29) is 29.6 Å². The second-order valence-corrected chi connectivity index (χ2v) is 9.05. The topological polar surface area (TPSA) is 109 Å². The number of piperidine rings is 2. The number of hydrogen-bond acceptors (Lipinski definition) is 9. The molecule has 4 heterocycles. The molecule has 31 heavy (non-hydrogen) atoms. The molecule has 4 atom stereocenters. The third kappa shape index (κ3) is 3.47. The summed E-state index contributed by atoms with van der Waals surface area (Å²) >= 11 is 1.31. The standard InChI is InChI=1S/C20H22FN7O2S/c1-27-9-23-17(24-19(27)30)10-3-5-12(14(29)7-10)18-25-26-20(31-18)28(2)16-11-4-6-13(15(16)21)22-8-11/h3,5,7,9,11,13,15-16,22,29H,4,6,8H2,1-2H3/t11-,13-,15-,16-/m1/s1. The number of benzene rings is 1. The Kier molecular flexibility index (Phi) is 4.94. The van der Waals surface area contributed by atoms with Gasteiger partial charge in [-0.25, -0.2) is 14.2 Å². The second-order valence-electron chi connectivity index (χ2n) is 8.09. The largest absolute Gasteiger partial charge is 0.507 e. The molecule has 6 rings (SSSR count). The minimum atomic E-state index is -0.948. The van der Waals surface area contributed by atoms with E-state index in [9.17, 15) is 14.3 Å². The smallest absolute Gasteiger partial charge is 0.350 e. The number of phenols is 1. The van der Waals surface area contributed by atoms with Crippen molar-refractivity contribution in [1.29, 1.82) is 0 Å². The molecule has 2 bridgehead atoms. The second kappa shape index (κ2) is 7.65. The minimum Gasteiger partial charge on any atom is -0.507 e. The van der Waals surface area contributed by atoms with Gasteiger partial charge in [0.25, 0.3) is 0 Å². The van der Waals surface area contributed by atoms with Crippen LogP contribution >= 0.6 is 11.3 Å². The molecule has 162 valence electrons. The molecule has 1 saturated carbocycles. The van der Waals surface area contributed by atoms with E-state index in [1.54, 1.807) is 19.2 Å². The first-order valence-corrected chi connectivity index (χ1v) is 10.9. The molecule has 0 radical (unpaired) electrons. The monoisotopic (exact) mass is 443 g/mol. The molecule has 3 fully saturated rings. The zero-order valence-electron chi connectivity index (χ0n) is 17.1. The number of aromatic hydroxyl groups is 1. The maximum absolute atomic E-state index is 14.9. The summed E-state index contributed by atoms with van der Waals surface area (Å²) in [6.07, 6.45) is 2.31. The van der Waals surface area contributed by atoms with E-state index in [2.05, 4.69) is 25.5 Å². The van der Waals surface area contributed by atoms with Crippen LogP contribution < -0.4 is 15.9 Å². The molecule has 0 amide bonds. The van der Waals surface area contributed by atoms with Crippen molar-refractivity contribution >= 4 is 16.5 Å². The van der Waals surface area contributed by atoms with Crippen LogP contribution in [0.15, 0.2) is 29.3 Å². The summed E-state index contributed by atoms with van der Waals surface area (Å²) in [5, 5.41) is 23.5. The van der Waals surface area contributed by atoms with E-state index in [1.165, 1.54) is 28.3 Å². The first-order chi connectivity index (χ1) is 14.9. The van der Waals surface area contributed by atoms with Gasteiger partial charge < -0.3 is 15.3 Å². The van der Waals surface area contributed by atoms with Crippen molar-refractivity contribution in [3.05, 3.63) is 35.0 Å². The Morgan fingerprint density at radius 2 is 2.16 bits per heavy atom. The minimum absolute atomic E-state index is 0.0172. The van der Waals surface area contributed by atoms with Crippen LogP contribution in [-0.4, -0.2) is 61.7 Å². The van der Waals surface area contributed by atoms with Gasteiger partial charge in [0.2, 0.25) is 5.13 Å². The number of anilines is 1. The Hall–Kier alpha value is -2.92. The van der Waals surface area contributed by atoms with Gasteiger partial charge in [0.1, 0.15) is 18.2 Å². The van der Waals surface area contributed by atoms with Crippen LogP contribution in [0.1, 0.15) is 12.8 Å². The predicted molar refractivity (Wildman–Crippen MR) is 115 cm³/mol. The summed E-state index contributed by atoms with van der Waals surface area (Å²) in [4.78, 5) is 21.7. The van der Waals surface area contributed by atoms with Crippen molar-refractivity contribution in [2.24, 2.45) is 13.0 Å². The zero-order valence-corrected chi connectivity index (χ0v) is 17.9. The van der Waals surface area contributed by atoms with Crippen molar-refractivity contribution in [3.63, 3.8) is 0 Å². The van der Waals surface area contributed by atoms with Gasteiger partial charge in [-0.3, -0.25) is 4.57 Å². The summed E-state index contributed by atoms with van der Waals surface area (Å²) in [5.74, 6) is 0.456. The lowest BCUT2D eigenvalue weighted by molar-refractivity contribution is 0.0705. The Bertz CT molecular complexity index is 1170. The summed E-state index contributed by atoms with van der Waals surface area (Å²) in [6, 6.07) is 4.59. The van der Waals surface area contributed by atoms with Crippen LogP contribution in [0.25, 0.3) is 22.0 Å². The number of hydrogen-bond donors (Lipinski definition) is 2. The zero-order chi connectivity index (χ0) is 21.7. The molecule has 3 aromatic rings. The van der Waals surface area contributed by atoms with Crippen LogP contribution in [-0.2, 0) is 7.05 Å². The molecule has 0 unspecified atom stereocenters. The molecule has 2 N–H and O–H groups in total. The van der Waals surface area contributed by atoms with Crippen LogP contribution in [0.4, 0.5) is 9.52 Å². The van der Waals surface area contributed by atoms with Gasteiger partial charge in [0, 0.05) is 32.2 Å². The van der Waals surface area contributed by atoms with Gasteiger partial charge in [-0.2, -0.15) is 4.98 Å². The summed E-state index contributed by atoms with van der Waals surface area (Å²) in [5.41, 5.74) is 0.600. The molecular formula is C20H22FN7O2S. The lowest BCUT2D eigenvalue weighted by Gasteiger charge is -2.48. The molecule has 11 heteroatoms. The molecule has 0 spiro atoms. The number of fused-ring (bicyclic) bond motifs is 3. The van der Waals surface area contributed by atoms with Gasteiger partial charge in [0.05, 0.1) is 11.6 Å². The Labute approximate surface area is 181 Å². The number of alkyl halides is 1. The van der Waals surface area contributed by atoms with E-state index in [4.69, 9.17) is 0 Å². The molecule has 3 aliphatic rings. The highest BCUT2D eigenvalue weighted by molar-refractivity contribution is 7.18. The quantitative estimate of drug-likeness (QED) is 0.626. The van der Waals surface area contributed by atoms with Crippen molar-refractivity contribution in [3.8, 4) is 27.7 Å². The fraction of sp³-hybridized carbons (Fsp3) is 0.450. The van der Waals surface area contributed by atoms with Crippen LogP contribution in [0.5, 0.6) is 5.75 Å². The van der Waals surface area contributed by atoms with Crippen molar-refractivity contribution in [1.82, 2.24) is 30.0 Å². The lowest BCUT2D eigenvalue weighted by Crippen LogP contribution is -2.64. The van der Waals surface area contributed by atoms with Crippen LogP contribution in [0.2, 0.25) is 0 Å². The van der Waals surface area contributed by atoms with Gasteiger partial charge >= 0.3 is 5.69 Å². The van der Waals surface area contributed by atoms with E-state index in [0.717, 1.165) is 19.4 Å². The normalized spacial score (nSPS) is 25.0. The Morgan fingerprint density at radius 1 is 1.32 bits per heavy atom. The van der Waals surface area contributed by atoms with Gasteiger partial charge in [-0.05, 0) is 30.9 Å². The van der Waals surface area contributed by atoms with Crippen molar-refractivity contribution in [2.45, 2.75) is 31.1 Å². The highest BCUT2D eigenvalue weighted by atomic mass is 32.1. The molecule has 2 aliphatic heterocycles. The SMILES string of the molecule is CN(c1nnc(-c2ccc(-c3ncn(C)c(=O)n3)cc2O)s1)[C@@H]1[C@@H]2CC[C@@H](NC2)[C@H]1F. The van der Waals surface area contributed by atoms with Crippen LogP contribution in [0.3, 0.4) is 0 Å². The highest BCUT2D eigenvalue weighted by Gasteiger charge is 2.46. The molecule has 1 aliphatic carbocycles. The molecular weight excluding hydrogens is 421 g/mol. The summed E-state index contributed by atoms with van der Waals surface area (Å²) in [7, 11) is 3.43. The number of aromatic nitrogens is 5. The lowest BCUT2D eigenvalue weighted by atomic mass is 9.75. The molecule has 2 aromatic heterocycles. The maximum atomic E-state index is 14.9. The molecule has 1 aromatic carbocycles. The third-order valence-corrected chi connectivity index (χ3v) is 7.24. The maximum Gasteiger partial charge on any atom is 0.350 e. The fourth-order valence-corrected chi connectivity index (χ4v) is 5.35. The van der Waals surface area contributed by atoms with E-state index < -0.39 is 11.9 Å². The number of aryl methyl sites for hydroxylation is 1. The number of halogens is 1. The first kappa shape index (κ1) is 20.0. The first-order valence-electron chi connectivity index (χ1n) is 10.1. The van der Waals surface area contributed by atoms with Gasteiger partial charge in [-0.1, -0.05) is 17.4 Å². The van der Waals surface area contributed by atoms with Gasteiger partial charge in [0.15, 0.2) is 10.8 Å². The van der Waals surface area contributed by atoms with Crippen molar-refractivity contribution < 1.29 is 9.50 Å². The average molecular weight is 444 g/mol. The number of phenolic OH excluding ortho intramolecular Hbond substituents is 1. The van der Waals surface area contributed by atoms with E-state index in [1.807, 2.05) is 11.9 Å². The van der Waals surface area contributed by atoms with E-state index in [0.29, 0.717) is 21.3 Å². The number of nitrogens with one attached hydrogen (secondary N) is 1. The average Bonchev–Trinajstić information content (AvgIpc) is 3.26. The number of rotatable bonds is 4. The Balaban J connectivity index is 1.40. The third-order valence-electron chi connectivity index (χ3n) is 6.19. The molecule has 9 nitrogen and oxygen atoms in total.